The molecule has 2 aromatic heterocycles. The van der Waals surface area contributed by atoms with Crippen LogP contribution >= 0.6 is 7.52 Å². The van der Waals surface area contributed by atoms with Crippen molar-refractivity contribution in [3.8, 4) is 11.8 Å². The van der Waals surface area contributed by atoms with Crippen molar-refractivity contribution in [3.05, 3.63) is 43.0 Å². The molecule has 0 amide bonds. The minimum absolute atomic E-state index is 0.261. The zero-order chi connectivity index (χ0) is 25.6. The number of nitrogens with zero attached hydrogens (tertiary/aromatic N) is 5. The van der Waals surface area contributed by atoms with Gasteiger partial charge in [-0.3, -0.25) is 4.57 Å². The summed E-state index contributed by atoms with van der Waals surface area (Å²) in [7, 11) is -3.94. The van der Waals surface area contributed by atoms with E-state index in [0.29, 0.717) is 17.7 Å². The number of para-hydroxylation sites is 1. The third-order valence-corrected chi connectivity index (χ3v) is 6.56. The molecule has 0 radical (unpaired) electrons. The molecular formula is C22H28N7O5P. The standard InChI is InChI=1S/C22H28N7O5P/c1-15(2)33-21(30)22(4,11-23)28-35(31,34-17-8-6-5-7-9-17)14-32-16(3)10-29-13-27-18-19(24)25-12-26-20(18)29/h5-9,12-13,15-16H,10,14H2,1-4H3,(H,28,31)(H2,24,25,26)/t16-,22?,35?/m1/s1. The summed E-state index contributed by atoms with van der Waals surface area (Å²) in [6.07, 6.45) is 1.52. The van der Waals surface area contributed by atoms with Crippen LogP contribution in [0.15, 0.2) is 43.0 Å². The largest absolute Gasteiger partial charge is 0.461 e. The molecule has 13 heteroatoms. The van der Waals surface area contributed by atoms with Crippen LogP contribution in [0.1, 0.15) is 27.7 Å². The molecule has 0 aliphatic carbocycles. The number of rotatable bonds is 11. The van der Waals surface area contributed by atoms with E-state index in [4.69, 9.17) is 19.7 Å². The Balaban J connectivity index is 1.78. The Kier molecular flexibility index (Phi) is 8.07. The summed E-state index contributed by atoms with van der Waals surface area (Å²) >= 11 is 0. The van der Waals surface area contributed by atoms with Crippen molar-refractivity contribution in [1.29, 1.82) is 5.26 Å². The molecule has 1 aromatic carbocycles. The Hall–Kier alpha value is -3.52. The first-order valence-electron chi connectivity index (χ1n) is 10.8. The van der Waals surface area contributed by atoms with E-state index in [2.05, 4.69) is 20.0 Å². The van der Waals surface area contributed by atoms with Crippen molar-refractivity contribution in [2.75, 3.05) is 12.1 Å². The maximum absolute atomic E-state index is 13.8. The van der Waals surface area contributed by atoms with Gasteiger partial charge in [-0.15, -0.1) is 0 Å². The minimum atomic E-state index is -3.94. The average Bonchev–Trinajstić information content (AvgIpc) is 3.22. The van der Waals surface area contributed by atoms with Crippen molar-refractivity contribution in [1.82, 2.24) is 24.6 Å². The number of imidazole rings is 1. The van der Waals surface area contributed by atoms with Crippen molar-refractivity contribution in [2.24, 2.45) is 0 Å². The predicted molar refractivity (Wildman–Crippen MR) is 128 cm³/mol. The van der Waals surface area contributed by atoms with Gasteiger partial charge in [-0.1, -0.05) is 18.2 Å². The Morgan fingerprint density at radius 2 is 1.97 bits per heavy atom. The number of ether oxygens (including phenoxy) is 2. The number of carbonyl (C=O) groups excluding carboxylic acids is 1. The number of benzene rings is 1. The van der Waals surface area contributed by atoms with E-state index in [1.807, 2.05) is 6.07 Å². The number of aromatic nitrogens is 4. The summed E-state index contributed by atoms with van der Waals surface area (Å²) in [5.41, 5.74) is 4.89. The fourth-order valence-corrected chi connectivity index (χ4v) is 5.01. The van der Waals surface area contributed by atoms with Crippen LogP contribution in [-0.4, -0.2) is 49.6 Å². The molecule has 0 spiro atoms. The van der Waals surface area contributed by atoms with Gasteiger partial charge in [-0.05, 0) is 39.8 Å². The molecule has 0 saturated heterocycles. The van der Waals surface area contributed by atoms with Gasteiger partial charge in [0.1, 0.15) is 23.9 Å². The normalized spacial score (nSPS) is 15.7. The van der Waals surface area contributed by atoms with E-state index >= 15 is 0 Å². The molecule has 3 atom stereocenters. The van der Waals surface area contributed by atoms with Crippen LogP contribution in [0.3, 0.4) is 0 Å². The van der Waals surface area contributed by atoms with E-state index in [-0.39, 0.29) is 11.6 Å². The van der Waals surface area contributed by atoms with Crippen molar-refractivity contribution >= 4 is 30.5 Å². The Morgan fingerprint density at radius 1 is 1.26 bits per heavy atom. The molecule has 0 bridgehead atoms. The number of anilines is 1. The van der Waals surface area contributed by atoms with Crippen LogP contribution in [0.5, 0.6) is 5.75 Å². The molecule has 3 N–H and O–H groups in total. The van der Waals surface area contributed by atoms with Gasteiger partial charge in [0.25, 0.3) is 0 Å². The third kappa shape index (κ3) is 6.54. The predicted octanol–water partition coefficient (Wildman–Crippen LogP) is 2.87. The number of hydrogen-bond acceptors (Lipinski definition) is 10. The van der Waals surface area contributed by atoms with Gasteiger partial charge in [-0.2, -0.15) is 5.26 Å². The lowest BCUT2D eigenvalue weighted by molar-refractivity contribution is -0.151. The summed E-state index contributed by atoms with van der Waals surface area (Å²) in [5.74, 6) is -0.330. The molecule has 186 valence electrons. The molecule has 35 heavy (non-hydrogen) atoms. The second-order valence-corrected chi connectivity index (χ2v) is 10.3. The Labute approximate surface area is 202 Å². The fourth-order valence-electron chi connectivity index (χ4n) is 3.11. The molecule has 0 saturated carbocycles. The molecule has 2 heterocycles. The van der Waals surface area contributed by atoms with E-state index in [1.165, 1.54) is 13.3 Å². The maximum atomic E-state index is 13.8. The smallest absolute Gasteiger partial charge is 0.343 e. The third-order valence-electron chi connectivity index (χ3n) is 4.78. The second-order valence-electron chi connectivity index (χ2n) is 8.31. The first-order chi connectivity index (χ1) is 16.5. The van der Waals surface area contributed by atoms with Crippen LogP contribution < -0.4 is 15.3 Å². The SMILES string of the molecule is CC(C)OC(=O)C(C)(C#N)NP(=O)(CO[C@H](C)Cn1cnc2c(N)ncnc21)Oc1ccccc1. The molecule has 12 nitrogen and oxygen atoms in total. The molecule has 2 unspecified atom stereocenters. The summed E-state index contributed by atoms with van der Waals surface area (Å²) in [6, 6.07) is 10.2. The first-order valence-corrected chi connectivity index (χ1v) is 12.6. The summed E-state index contributed by atoms with van der Waals surface area (Å²) in [5, 5.41) is 12.3. The molecule has 0 fully saturated rings. The molecule has 3 rings (SSSR count). The Morgan fingerprint density at radius 3 is 2.63 bits per heavy atom. The highest BCUT2D eigenvalue weighted by Crippen LogP contribution is 2.45. The molecule has 3 aromatic rings. The van der Waals surface area contributed by atoms with Gasteiger partial charge in [0.2, 0.25) is 5.54 Å². The lowest BCUT2D eigenvalue weighted by Gasteiger charge is -2.29. The molecule has 0 aliphatic rings. The zero-order valence-electron chi connectivity index (χ0n) is 19.9. The van der Waals surface area contributed by atoms with Gasteiger partial charge < -0.3 is 24.3 Å². The van der Waals surface area contributed by atoms with Gasteiger partial charge in [0.05, 0.1) is 31.1 Å². The van der Waals surface area contributed by atoms with Gasteiger partial charge >= 0.3 is 13.5 Å². The number of esters is 1. The zero-order valence-corrected chi connectivity index (χ0v) is 20.8. The molecular weight excluding hydrogens is 473 g/mol. The first kappa shape index (κ1) is 26.1. The highest BCUT2D eigenvalue weighted by molar-refractivity contribution is 7.57. The number of nitrogen functional groups attached to an aromatic ring is 1. The fraction of sp³-hybridized carbons (Fsp3) is 0.409. The summed E-state index contributed by atoms with van der Waals surface area (Å²) in [6.45, 7) is 6.66. The van der Waals surface area contributed by atoms with Crippen LogP contribution in [0.25, 0.3) is 11.2 Å². The average molecular weight is 501 g/mol. The van der Waals surface area contributed by atoms with Gasteiger partial charge in [-0.25, -0.2) is 24.8 Å². The van der Waals surface area contributed by atoms with E-state index < -0.39 is 37.6 Å². The van der Waals surface area contributed by atoms with Crippen LogP contribution in [0.2, 0.25) is 0 Å². The van der Waals surface area contributed by atoms with Crippen LogP contribution in [-0.2, 0) is 25.4 Å². The lowest BCUT2D eigenvalue weighted by atomic mass is 10.1. The lowest BCUT2D eigenvalue weighted by Crippen LogP contribution is -2.49. The minimum Gasteiger partial charge on any atom is -0.461 e. The monoisotopic (exact) mass is 501 g/mol. The number of carbonyl (C=O) groups is 1. The van der Waals surface area contributed by atoms with Crippen molar-refractivity contribution in [2.45, 2.75) is 52.0 Å². The highest BCUT2D eigenvalue weighted by atomic mass is 31.2. The van der Waals surface area contributed by atoms with Gasteiger partial charge in [0.15, 0.2) is 11.5 Å². The van der Waals surface area contributed by atoms with Crippen LogP contribution in [0.4, 0.5) is 5.82 Å². The quantitative estimate of drug-likeness (QED) is 0.293. The second kappa shape index (κ2) is 10.8. The van der Waals surface area contributed by atoms with Crippen LogP contribution in [0, 0.1) is 11.3 Å². The van der Waals surface area contributed by atoms with Gasteiger partial charge in [0, 0.05) is 0 Å². The molecule has 0 aliphatic heterocycles. The Bertz CT molecular complexity index is 1260. The summed E-state index contributed by atoms with van der Waals surface area (Å²) < 4.78 is 32.3. The topological polar surface area (TPSA) is 167 Å². The number of nitrogens with two attached hydrogens (primary N) is 1. The summed E-state index contributed by atoms with van der Waals surface area (Å²) in [4.78, 5) is 24.9. The number of nitriles is 1. The van der Waals surface area contributed by atoms with E-state index in [1.54, 1.807) is 62.0 Å². The number of fused-ring (bicyclic) bond motifs is 1. The number of hydrogen-bond donors (Lipinski definition) is 2. The highest BCUT2D eigenvalue weighted by Gasteiger charge is 2.44. The van der Waals surface area contributed by atoms with Crippen molar-refractivity contribution in [3.63, 3.8) is 0 Å². The maximum Gasteiger partial charge on any atom is 0.343 e. The number of nitrogens with one attached hydrogen (secondary N) is 1. The van der Waals surface area contributed by atoms with Crippen molar-refractivity contribution < 1.29 is 23.4 Å². The van der Waals surface area contributed by atoms with E-state index in [0.717, 1.165) is 0 Å². The van der Waals surface area contributed by atoms with E-state index in [9.17, 15) is 14.6 Å².